The number of benzene rings is 2. The van der Waals surface area contributed by atoms with E-state index in [0.29, 0.717) is 6.04 Å². The quantitative estimate of drug-likeness (QED) is 0.626. The van der Waals surface area contributed by atoms with Gasteiger partial charge >= 0.3 is 0 Å². The monoisotopic (exact) mass is 383 g/mol. The Morgan fingerprint density at radius 3 is 2.62 bits per heavy atom. The highest BCUT2D eigenvalue weighted by Gasteiger charge is 2.09. The zero-order valence-electron chi connectivity index (χ0n) is 12.2. The summed E-state index contributed by atoms with van der Waals surface area (Å²) in [4.78, 5) is 2.25. The Balaban J connectivity index is 2.14. The maximum absolute atomic E-state index is 6.22. The van der Waals surface area contributed by atoms with Gasteiger partial charge in [0.25, 0.3) is 0 Å². The maximum Gasteiger partial charge on any atom is 0.0545 e. The summed E-state index contributed by atoms with van der Waals surface area (Å²) in [6.45, 7) is 5.41. The molecule has 1 unspecified atom stereocenters. The van der Waals surface area contributed by atoms with E-state index >= 15 is 0 Å². The van der Waals surface area contributed by atoms with Gasteiger partial charge < -0.3 is 5.32 Å². The average molecular weight is 385 g/mol. The van der Waals surface area contributed by atoms with Gasteiger partial charge in [-0.15, -0.1) is 0 Å². The smallest absolute Gasteiger partial charge is 0.0545 e. The predicted octanol–water partition coefficient (Wildman–Crippen LogP) is 6.31. The van der Waals surface area contributed by atoms with E-state index in [4.69, 9.17) is 11.6 Å². The van der Waals surface area contributed by atoms with Crippen LogP contribution in [0.25, 0.3) is 0 Å². The van der Waals surface area contributed by atoms with Crippen molar-refractivity contribution in [2.75, 3.05) is 6.54 Å². The second-order valence-corrected chi connectivity index (χ2v) is 7.24. The second kappa shape index (κ2) is 8.23. The molecule has 0 saturated carbocycles. The Hall–Kier alpha value is -0.480. The van der Waals surface area contributed by atoms with Crippen LogP contribution in [0.1, 0.15) is 31.9 Å². The number of rotatable bonds is 6. The maximum atomic E-state index is 6.22. The van der Waals surface area contributed by atoms with Crippen LogP contribution < -0.4 is 5.32 Å². The summed E-state index contributed by atoms with van der Waals surface area (Å²) < 4.78 is 1.11. The standard InChI is InChI=1S/C17H19BrClNS/c1-3-10-20-12(2)13-8-9-16(14(18)11-13)21-17-7-5-4-6-15(17)19/h4-9,11-12,20H,3,10H2,1-2H3. The highest BCUT2D eigenvalue weighted by Crippen LogP contribution is 2.37. The minimum absolute atomic E-state index is 0.362. The van der Waals surface area contributed by atoms with E-state index in [0.717, 1.165) is 27.4 Å². The first-order valence-electron chi connectivity index (χ1n) is 7.07. The molecule has 0 amide bonds. The molecule has 0 aromatic heterocycles. The second-order valence-electron chi connectivity index (χ2n) is 4.90. The fourth-order valence-electron chi connectivity index (χ4n) is 1.99. The lowest BCUT2D eigenvalue weighted by Crippen LogP contribution is -2.19. The molecule has 4 heteroatoms. The molecule has 0 aliphatic carbocycles. The van der Waals surface area contributed by atoms with Crippen LogP contribution in [0.5, 0.6) is 0 Å². The summed E-state index contributed by atoms with van der Waals surface area (Å²) in [5, 5.41) is 4.29. The first-order valence-corrected chi connectivity index (χ1v) is 9.05. The van der Waals surface area contributed by atoms with Crippen LogP contribution in [0, 0.1) is 0 Å². The van der Waals surface area contributed by atoms with Gasteiger partial charge in [-0.1, -0.05) is 48.5 Å². The molecule has 0 heterocycles. The minimum atomic E-state index is 0.362. The molecule has 0 aliphatic rings. The highest BCUT2D eigenvalue weighted by molar-refractivity contribution is 9.10. The van der Waals surface area contributed by atoms with E-state index in [1.54, 1.807) is 11.8 Å². The Bertz CT molecular complexity index is 603. The number of nitrogens with one attached hydrogen (secondary N) is 1. The third kappa shape index (κ3) is 4.75. The first kappa shape index (κ1) is 16.9. The van der Waals surface area contributed by atoms with Gasteiger partial charge in [-0.2, -0.15) is 0 Å². The van der Waals surface area contributed by atoms with Gasteiger partial charge in [-0.05, 0) is 65.6 Å². The molecule has 112 valence electrons. The summed E-state index contributed by atoms with van der Waals surface area (Å²) in [6.07, 6.45) is 1.14. The van der Waals surface area contributed by atoms with Crippen LogP contribution in [0.4, 0.5) is 0 Å². The summed E-state index contributed by atoms with van der Waals surface area (Å²) in [6, 6.07) is 14.8. The lowest BCUT2D eigenvalue weighted by molar-refractivity contribution is 0.570. The molecule has 2 rings (SSSR count). The molecule has 2 aromatic carbocycles. The first-order chi connectivity index (χ1) is 10.1. The predicted molar refractivity (Wildman–Crippen MR) is 96.4 cm³/mol. The van der Waals surface area contributed by atoms with Gasteiger partial charge in [0.2, 0.25) is 0 Å². The molecular weight excluding hydrogens is 366 g/mol. The van der Waals surface area contributed by atoms with Crippen LogP contribution in [0.15, 0.2) is 56.7 Å². The van der Waals surface area contributed by atoms with Gasteiger partial charge in [0, 0.05) is 20.3 Å². The highest BCUT2D eigenvalue weighted by atomic mass is 79.9. The van der Waals surface area contributed by atoms with Crippen molar-refractivity contribution in [3.63, 3.8) is 0 Å². The van der Waals surface area contributed by atoms with Crippen molar-refractivity contribution in [1.82, 2.24) is 5.32 Å². The minimum Gasteiger partial charge on any atom is -0.310 e. The number of halogens is 2. The van der Waals surface area contributed by atoms with E-state index in [9.17, 15) is 0 Å². The van der Waals surface area contributed by atoms with Gasteiger partial charge in [0.1, 0.15) is 0 Å². The molecule has 2 aromatic rings. The van der Waals surface area contributed by atoms with Gasteiger partial charge in [0.15, 0.2) is 0 Å². The zero-order chi connectivity index (χ0) is 15.2. The van der Waals surface area contributed by atoms with Crippen LogP contribution in [-0.4, -0.2) is 6.54 Å². The van der Waals surface area contributed by atoms with Crippen molar-refractivity contribution in [2.45, 2.75) is 36.1 Å². The zero-order valence-corrected chi connectivity index (χ0v) is 15.4. The Morgan fingerprint density at radius 1 is 1.19 bits per heavy atom. The van der Waals surface area contributed by atoms with E-state index in [1.165, 1.54) is 10.5 Å². The molecule has 0 saturated heterocycles. The van der Waals surface area contributed by atoms with Crippen molar-refractivity contribution in [3.05, 3.63) is 57.5 Å². The van der Waals surface area contributed by atoms with Crippen molar-refractivity contribution < 1.29 is 0 Å². The third-order valence-corrected chi connectivity index (χ3v) is 5.73. The van der Waals surface area contributed by atoms with E-state index < -0.39 is 0 Å². The summed E-state index contributed by atoms with van der Waals surface area (Å²) in [5.74, 6) is 0. The van der Waals surface area contributed by atoms with Crippen molar-refractivity contribution in [3.8, 4) is 0 Å². The lowest BCUT2D eigenvalue weighted by Gasteiger charge is -2.15. The van der Waals surface area contributed by atoms with Crippen LogP contribution in [0.2, 0.25) is 5.02 Å². The topological polar surface area (TPSA) is 12.0 Å². The molecule has 0 spiro atoms. The van der Waals surface area contributed by atoms with Crippen molar-refractivity contribution >= 4 is 39.3 Å². The van der Waals surface area contributed by atoms with Crippen molar-refractivity contribution in [2.24, 2.45) is 0 Å². The fourth-order valence-corrected chi connectivity index (χ4v) is 3.73. The Kier molecular flexibility index (Phi) is 6.62. The van der Waals surface area contributed by atoms with E-state index in [2.05, 4.69) is 53.3 Å². The third-order valence-electron chi connectivity index (χ3n) is 3.21. The molecule has 1 N–H and O–H groups in total. The lowest BCUT2D eigenvalue weighted by atomic mass is 10.1. The molecule has 0 fully saturated rings. The Morgan fingerprint density at radius 2 is 1.95 bits per heavy atom. The molecule has 1 atom stereocenters. The van der Waals surface area contributed by atoms with Crippen molar-refractivity contribution in [1.29, 1.82) is 0 Å². The molecule has 0 aliphatic heterocycles. The molecule has 1 nitrogen and oxygen atoms in total. The Labute approximate surface area is 144 Å². The largest absolute Gasteiger partial charge is 0.310 e. The average Bonchev–Trinajstić information content (AvgIpc) is 2.49. The number of hydrogen-bond donors (Lipinski definition) is 1. The molecule has 0 bridgehead atoms. The summed E-state index contributed by atoms with van der Waals surface area (Å²) >= 11 is 11.6. The molecular formula is C17H19BrClNS. The SMILES string of the molecule is CCCNC(C)c1ccc(Sc2ccccc2Cl)c(Br)c1. The van der Waals surface area contributed by atoms with Gasteiger partial charge in [-0.3, -0.25) is 0 Å². The summed E-state index contributed by atoms with van der Waals surface area (Å²) in [5.41, 5.74) is 1.29. The molecule has 0 radical (unpaired) electrons. The summed E-state index contributed by atoms with van der Waals surface area (Å²) in [7, 11) is 0. The van der Waals surface area contributed by atoms with Gasteiger partial charge in [-0.25, -0.2) is 0 Å². The fraction of sp³-hybridized carbons (Fsp3) is 0.294. The van der Waals surface area contributed by atoms with Crippen LogP contribution in [0.3, 0.4) is 0 Å². The van der Waals surface area contributed by atoms with Crippen LogP contribution >= 0.6 is 39.3 Å². The van der Waals surface area contributed by atoms with Crippen LogP contribution in [-0.2, 0) is 0 Å². The van der Waals surface area contributed by atoms with E-state index in [1.807, 2.05) is 24.3 Å². The normalized spacial score (nSPS) is 12.4. The molecule has 21 heavy (non-hydrogen) atoms. The van der Waals surface area contributed by atoms with Gasteiger partial charge in [0.05, 0.1) is 5.02 Å². The number of hydrogen-bond acceptors (Lipinski definition) is 2. The van der Waals surface area contributed by atoms with E-state index in [-0.39, 0.29) is 0 Å².